The third-order valence-electron chi connectivity index (χ3n) is 5.47. The van der Waals surface area contributed by atoms with Gasteiger partial charge in [-0.25, -0.2) is 13.8 Å². The lowest BCUT2D eigenvalue weighted by molar-refractivity contribution is 0.0954. The largest absolute Gasteiger partial charge is 0.454 e. The number of nitrogens with zero attached hydrogens (tertiary/aromatic N) is 2. The first-order chi connectivity index (χ1) is 16.2. The van der Waals surface area contributed by atoms with E-state index >= 15 is 0 Å². The van der Waals surface area contributed by atoms with Gasteiger partial charge >= 0.3 is 0 Å². The molecule has 0 fully saturated rings. The van der Waals surface area contributed by atoms with Gasteiger partial charge in [0.1, 0.15) is 0 Å². The van der Waals surface area contributed by atoms with Crippen molar-refractivity contribution in [1.82, 2.24) is 9.73 Å². The van der Waals surface area contributed by atoms with Crippen LogP contribution in [0.3, 0.4) is 0 Å². The Labute approximate surface area is 198 Å². The number of ether oxygens (including phenoxy) is 2. The summed E-state index contributed by atoms with van der Waals surface area (Å²) in [5, 5.41) is 4.17. The van der Waals surface area contributed by atoms with Crippen molar-refractivity contribution >= 4 is 21.6 Å². The number of rotatable bonds is 7. The number of carbonyl (C=O) groups is 1. The van der Waals surface area contributed by atoms with Crippen molar-refractivity contribution in [2.75, 3.05) is 13.8 Å². The average molecular weight is 480 g/mol. The van der Waals surface area contributed by atoms with Crippen molar-refractivity contribution in [2.45, 2.75) is 25.3 Å². The first kappa shape index (κ1) is 23.5. The number of nitrogens with one attached hydrogen (secondary N) is 1. The van der Waals surface area contributed by atoms with Crippen molar-refractivity contribution in [1.29, 1.82) is 0 Å². The lowest BCUT2D eigenvalue weighted by Gasteiger charge is -2.17. The van der Waals surface area contributed by atoms with Gasteiger partial charge in [0, 0.05) is 24.7 Å². The van der Waals surface area contributed by atoms with E-state index in [2.05, 4.69) is 10.5 Å². The molecular weight excluding hydrogens is 454 g/mol. The Morgan fingerprint density at radius 3 is 2.32 bits per heavy atom. The molecule has 0 radical (unpaired) electrons. The summed E-state index contributed by atoms with van der Waals surface area (Å²) in [5.74, 6) is 0.952. The van der Waals surface area contributed by atoms with E-state index in [1.165, 1.54) is 11.4 Å². The lowest BCUT2D eigenvalue weighted by Crippen LogP contribution is -2.26. The Hall–Kier alpha value is -3.69. The fourth-order valence-electron chi connectivity index (χ4n) is 3.38. The highest BCUT2D eigenvalue weighted by Gasteiger charge is 2.21. The highest BCUT2D eigenvalue weighted by Crippen LogP contribution is 2.32. The summed E-state index contributed by atoms with van der Waals surface area (Å²) in [7, 11) is -2.08. The van der Waals surface area contributed by atoms with Crippen LogP contribution in [0.5, 0.6) is 11.5 Å². The molecule has 9 heteroatoms. The lowest BCUT2D eigenvalue weighted by atomic mass is 10.1. The van der Waals surface area contributed by atoms with Crippen molar-refractivity contribution in [3.8, 4) is 11.5 Å². The fourth-order valence-corrected chi connectivity index (χ4v) is 4.54. The van der Waals surface area contributed by atoms with Crippen molar-refractivity contribution < 1.29 is 22.7 Å². The number of fused-ring (bicyclic) bond motifs is 1. The van der Waals surface area contributed by atoms with Gasteiger partial charge in [-0.3, -0.25) is 4.79 Å². The Kier molecular flexibility index (Phi) is 6.67. The van der Waals surface area contributed by atoms with Gasteiger partial charge in [0.15, 0.2) is 11.5 Å². The molecule has 0 bridgehead atoms. The average Bonchev–Trinajstić information content (AvgIpc) is 3.31. The second kappa shape index (κ2) is 9.66. The van der Waals surface area contributed by atoms with Crippen molar-refractivity contribution in [3.63, 3.8) is 0 Å². The maximum absolute atomic E-state index is 12.8. The maximum atomic E-state index is 12.8. The number of sulfonamides is 1. The number of aryl methyl sites for hydroxylation is 1. The van der Waals surface area contributed by atoms with Crippen LogP contribution in [0.4, 0.5) is 0 Å². The molecule has 1 amide bonds. The predicted molar refractivity (Wildman–Crippen MR) is 129 cm³/mol. The molecule has 1 N–H and O–H groups in total. The molecule has 34 heavy (non-hydrogen) atoms. The van der Waals surface area contributed by atoms with Gasteiger partial charge < -0.3 is 9.47 Å². The fraction of sp³-hybridized carbons (Fsp3) is 0.200. The third kappa shape index (κ3) is 5.11. The van der Waals surface area contributed by atoms with Crippen LogP contribution in [0.25, 0.3) is 0 Å². The standard InChI is InChI=1S/C25H25N3O5S/c1-17-4-11-22(12-5-17)34(30,31)28(3)15-19-6-8-20(9-7-19)25(29)27-26-18(2)21-10-13-23-24(14-21)33-16-32-23/h4-14H,15-16H2,1-3H3,(H,27,29). The molecule has 0 spiro atoms. The molecule has 8 nitrogen and oxygen atoms in total. The molecule has 1 aliphatic rings. The molecule has 0 aromatic heterocycles. The summed E-state index contributed by atoms with van der Waals surface area (Å²) in [4.78, 5) is 12.7. The Morgan fingerprint density at radius 1 is 0.971 bits per heavy atom. The number of hydrazone groups is 1. The van der Waals surface area contributed by atoms with Crippen LogP contribution < -0.4 is 14.9 Å². The molecule has 0 atom stereocenters. The highest BCUT2D eigenvalue weighted by atomic mass is 32.2. The number of hydrogen-bond donors (Lipinski definition) is 1. The topological polar surface area (TPSA) is 97.3 Å². The zero-order valence-electron chi connectivity index (χ0n) is 19.1. The first-order valence-electron chi connectivity index (χ1n) is 10.6. The summed E-state index contributed by atoms with van der Waals surface area (Å²) < 4.78 is 37.5. The normalized spacial score (nSPS) is 13.2. The van der Waals surface area contributed by atoms with Crippen LogP contribution in [0, 0.1) is 6.92 Å². The molecule has 4 rings (SSSR count). The second-order valence-corrected chi connectivity index (χ2v) is 10.0. The monoisotopic (exact) mass is 479 g/mol. The zero-order valence-corrected chi connectivity index (χ0v) is 19.9. The zero-order chi connectivity index (χ0) is 24.3. The molecule has 0 saturated carbocycles. The van der Waals surface area contributed by atoms with E-state index in [0.717, 1.165) is 16.7 Å². The summed E-state index contributed by atoms with van der Waals surface area (Å²) in [6.45, 7) is 4.06. The third-order valence-corrected chi connectivity index (χ3v) is 7.28. The summed E-state index contributed by atoms with van der Waals surface area (Å²) in [6, 6.07) is 18.9. The molecule has 0 aliphatic carbocycles. The van der Waals surface area contributed by atoms with Gasteiger partial charge in [-0.15, -0.1) is 0 Å². The van der Waals surface area contributed by atoms with Crippen LogP contribution in [0.2, 0.25) is 0 Å². The number of carbonyl (C=O) groups excluding carboxylic acids is 1. The van der Waals surface area contributed by atoms with Gasteiger partial charge in [0.05, 0.1) is 10.6 Å². The van der Waals surface area contributed by atoms with E-state index in [-0.39, 0.29) is 24.1 Å². The molecule has 1 aliphatic heterocycles. The van der Waals surface area contributed by atoms with Gasteiger partial charge in [0.2, 0.25) is 16.8 Å². The molecule has 3 aromatic carbocycles. The van der Waals surface area contributed by atoms with Gasteiger partial charge in [-0.05, 0) is 61.9 Å². The minimum Gasteiger partial charge on any atom is -0.454 e. The van der Waals surface area contributed by atoms with Crippen LogP contribution in [-0.2, 0) is 16.6 Å². The molecule has 0 saturated heterocycles. The molecule has 0 unspecified atom stereocenters. The Morgan fingerprint density at radius 2 is 1.62 bits per heavy atom. The van der Waals surface area contributed by atoms with Crippen LogP contribution in [0.15, 0.2) is 76.7 Å². The first-order valence-corrected chi connectivity index (χ1v) is 12.0. The predicted octanol–water partition coefficient (Wildman–Crippen LogP) is 3.70. The van der Waals surface area contributed by atoms with Gasteiger partial charge in [-0.2, -0.15) is 9.41 Å². The number of benzene rings is 3. The van der Waals surface area contributed by atoms with Crippen molar-refractivity contribution in [3.05, 3.63) is 89.0 Å². The summed E-state index contributed by atoms with van der Waals surface area (Å²) in [5.41, 5.74) is 6.13. The second-order valence-electron chi connectivity index (χ2n) is 7.98. The van der Waals surface area contributed by atoms with E-state index < -0.39 is 10.0 Å². The van der Waals surface area contributed by atoms with Gasteiger partial charge in [-0.1, -0.05) is 29.8 Å². The highest BCUT2D eigenvalue weighted by molar-refractivity contribution is 7.89. The quantitative estimate of drug-likeness (QED) is 0.412. The van der Waals surface area contributed by atoms with E-state index in [1.807, 2.05) is 19.1 Å². The SMILES string of the molecule is CC(=NNC(=O)c1ccc(CN(C)S(=O)(=O)c2ccc(C)cc2)cc1)c1ccc2c(c1)OCO2. The molecule has 1 heterocycles. The van der Waals surface area contributed by atoms with E-state index in [1.54, 1.807) is 61.5 Å². The Balaban J connectivity index is 1.38. The number of hydrogen-bond acceptors (Lipinski definition) is 6. The smallest absolute Gasteiger partial charge is 0.271 e. The van der Waals surface area contributed by atoms with Gasteiger partial charge in [0.25, 0.3) is 5.91 Å². The Bertz CT molecular complexity index is 1330. The number of amides is 1. The van der Waals surface area contributed by atoms with Crippen LogP contribution >= 0.6 is 0 Å². The van der Waals surface area contributed by atoms with E-state index in [0.29, 0.717) is 22.8 Å². The summed E-state index contributed by atoms with van der Waals surface area (Å²) in [6.07, 6.45) is 0. The summed E-state index contributed by atoms with van der Waals surface area (Å²) >= 11 is 0. The minimum absolute atomic E-state index is 0.180. The van der Waals surface area contributed by atoms with Crippen molar-refractivity contribution in [2.24, 2.45) is 5.10 Å². The maximum Gasteiger partial charge on any atom is 0.271 e. The molecule has 176 valence electrons. The minimum atomic E-state index is -3.61. The molecular formula is C25H25N3O5S. The van der Waals surface area contributed by atoms with Crippen LogP contribution in [0.1, 0.15) is 34.0 Å². The molecule has 3 aromatic rings. The van der Waals surface area contributed by atoms with E-state index in [9.17, 15) is 13.2 Å². The van der Waals surface area contributed by atoms with E-state index in [4.69, 9.17) is 9.47 Å². The van der Waals surface area contributed by atoms with Crippen LogP contribution in [-0.4, -0.2) is 38.2 Å².